The van der Waals surface area contributed by atoms with Gasteiger partial charge in [-0.2, -0.15) is 0 Å². The van der Waals surface area contributed by atoms with Crippen molar-refractivity contribution in [2.45, 2.75) is 296 Å². The molecule has 5 rings (SSSR count). The number of ether oxygens (including phenoxy) is 5. The van der Waals surface area contributed by atoms with E-state index in [9.17, 15) is 48.8 Å². The largest absolute Gasteiger partial charge is 0.478 e. The van der Waals surface area contributed by atoms with Gasteiger partial charge >= 0.3 is 5.97 Å². The number of hydrogen-bond acceptors (Lipinski definition) is 17. The summed E-state index contributed by atoms with van der Waals surface area (Å²) in [6.07, 6.45) is 31.1. The highest BCUT2D eigenvalue weighted by molar-refractivity contribution is 6.17. The first-order chi connectivity index (χ1) is 60.9. The zero-order valence-corrected chi connectivity index (χ0v) is 79.3. The van der Waals surface area contributed by atoms with Gasteiger partial charge in [0.05, 0.1) is 121 Å². The molecule has 0 atom stereocenters. The van der Waals surface area contributed by atoms with Crippen LogP contribution in [-0.4, -0.2) is 135 Å². The lowest BCUT2D eigenvalue weighted by molar-refractivity contribution is -0.384. The molecule has 0 radical (unpaired) electrons. The zero-order chi connectivity index (χ0) is 94.3. The van der Waals surface area contributed by atoms with Crippen molar-refractivity contribution in [3.8, 4) is 0 Å². The summed E-state index contributed by atoms with van der Waals surface area (Å²) in [5, 5.41) is 48.2. The van der Waals surface area contributed by atoms with Crippen LogP contribution in [0.3, 0.4) is 0 Å². The second-order valence-corrected chi connectivity index (χ2v) is 36.9. The maximum Gasteiger partial charge on any atom is 0.337 e. The maximum atomic E-state index is 15.4. The molecule has 708 valence electrons. The summed E-state index contributed by atoms with van der Waals surface area (Å²) in [6, 6.07) is 19.6. The van der Waals surface area contributed by atoms with Crippen LogP contribution in [0.1, 0.15) is 348 Å². The van der Waals surface area contributed by atoms with Gasteiger partial charge in [-0.1, -0.05) is 195 Å². The van der Waals surface area contributed by atoms with Crippen molar-refractivity contribution < 1.29 is 81.7 Å². The third kappa shape index (κ3) is 38.4. The fraction of sp³-hybridized carbons (Fsp3) is 0.600. The maximum absolute atomic E-state index is 15.4. The molecule has 5 aromatic carbocycles. The van der Waals surface area contributed by atoms with Gasteiger partial charge < -0.3 is 76.6 Å². The normalized spacial score (nSPS) is 11.8. The Morgan fingerprint density at radius 2 is 0.461 bits per heavy atom. The Hall–Kier alpha value is -10.0. The van der Waals surface area contributed by atoms with Crippen LogP contribution in [-0.2, 0) is 47.7 Å². The van der Waals surface area contributed by atoms with Gasteiger partial charge in [0.15, 0.2) is 0 Å². The van der Waals surface area contributed by atoms with Crippen LogP contribution >= 0.6 is 0 Å². The minimum Gasteiger partial charge on any atom is -0.478 e. The lowest BCUT2D eigenvalue weighted by Gasteiger charge is -2.25. The van der Waals surface area contributed by atoms with Crippen LogP contribution in [0.15, 0.2) is 91.0 Å². The molecule has 28 heteroatoms. The van der Waals surface area contributed by atoms with Crippen LogP contribution in [0.25, 0.3) is 0 Å². The molecule has 0 aliphatic heterocycles. The summed E-state index contributed by atoms with van der Waals surface area (Å²) >= 11 is 0. The first-order valence-corrected chi connectivity index (χ1v) is 46.7. The Morgan fingerprint density at radius 3 is 0.672 bits per heavy atom. The molecule has 5 aromatic rings. The van der Waals surface area contributed by atoms with E-state index in [2.05, 4.69) is 82.5 Å². The number of nitrogens with zero attached hydrogens (tertiary/aromatic N) is 1. The third-order valence-corrected chi connectivity index (χ3v) is 22.4. The van der Waals surface area contributed by atoms with Crippen molar-refractivity contribution in [1.29, 1.82) is 0 Å². The van der Waals surface area contributed by atoms with Crippen LogP contribution < -0.4 is 47.9 Å². The van der Waals surface area contributed by atoms with Crippen molar-refractivity contribution >= 4 is 116 Å². The summed E-state index contributed by atoms with van der Waals surface area (Å²) in [6.45, 7) is 29.9. The molecular formula is C100H150N10O18. The van der Waals surface area contributed by atoms with E-state index in [0.29, 0.717) is 33.0 Å². The summed E-state index contributed by atoms with van der Waals surface area (Å²) in [5.74, 6) is -7.66. The highest BCUT2D eigenvalue weighted by Gasteiger charge is 2.36. The minimum absolute atomic E-state index is 0.00490. The number of nitro benzene ring substituents is 1. The number of nitrogens with one attached hydrogen (secondary N) is 9. The predicted molar refractivity (Wildman–Crippen MR) is 511 cm³/mol. The van der Waals surface area contributed by atoms with E-state index >= 15 is 14.4 Å². The van der Waals surface area contributed by atoms with Gasteiger partial charge in [-0.25, -0.2) is 4.79 Å². The van der Waals surface area contributed by atoms with Crippen LogP contribution in [0.5, 0.6) is 0 Å². The van der Waals surface area contributed by atoms with E-state index < -0.39 is 96.8 Å². The van der Waals surface area contributed by atoms with E-state index in [1.165, 1.54) is 85.3 Å². The number of carbonyl (C=O) groups excluding carboxylic acids is 9. The Kier molecular flexibility index (Phi) is 47.9. The van der Waals surface area contributed by atoms with E-state index in [4.69, 9.17) is 23.7 Å². The number of nitro groups is 1. The third-order valence-electron chi connectivity index (χ3n) is 22.4. The van der Waals surface area contributed by atoms with E-state index in [-0.39, 0.29) is 112 Å². The number of anilines is 9. The van der Waals surface area contributed by atoms with E-state index in [1.807, 2.05) is 0 Å². The molecule has 0 fully saturated rings. The topological polar surface area (TPSA) is 388 Å². The molecule has 0 spiro atoms. The van der Waals surface area contributed by atoms with E-state index in [1.54, 1.807) is 69.2 Å². The molecular weight excluding hydrogens is 1630 g/mol. The Bertz CT molecular complexity index is 4400. The number of unbranched alkanes of at least 4 members (excludes halogenated alkanes) is 25. The molecule has 9 amide bonds. The Balaban J connectivity index is 1.60. The quantitative estimate of drug-likeness (QED) is 0.00982. The summed E-state index contributed by atoms with van der Waals surface area (Å²) in [4.78, 5) is 156. The zero-order valence-electron chi connectivity index (χ0n) is 79.3. The molecule has 0 heterocycles. The fourth-order valence-corrected chi connectivity index (χ4v) is 13.7. The molecule has 0 aliphatic rings. The fourth-order valence-electron chi connectivity index (χ4n) is 13.7. The molecule has 10 N–H and O–H groups in total. The average Bonchev–Trinajstić information content (AvgIpc) is 0.798. The first kappa shape index (κ1) is 109. The molecule has 28 nitrogen and oxygen atoms in total. The summed E-state index contributed by atoms with van der Waals surface area (Å²) < 4.78 is 30.0. The number of rotatable bonds is 65. The lowest BCUT2D eigenvalue weighted by Crippen LogP contribution is -2.36. The van der Waals surface area contributed by atoms with Crippen molar-refractivity contribution in [2.24, 2.45) is 27.1 Å². The predicted octanol–water partition coefficient (Wildman–Crippen LogP) is 23.0. The van der Waals surface area contributed by atoms with Gasteiger partial charge in [-0.3, -0.25) is 53.3 Å². The minimum atomic E-state index is -1.42. The average molecular weight is 1780 g/mol. The SMILES string of the molecule is CCCCCCCCOCC(C)(C)C(=O)Nc1ccc(NC(=O)c2cc(NC(=O)c3cc(NC(=O)c4cc(NC(=O)c5cc([N+](=O)[O-])ccc5NC(=O)C(C)(C)COCCCCCCCC)ccc4NC(=O)C(C)(C)COCCCCCCCC)ccc3NC(=O)C(C)(C)COCCCCCCCC)ccc2NC(=O)C(C)(C)COCCCCCCCC)cc1C(=O)O. The number of aromatic carboxylic acids is 1. The van der Waals surface area contributed by atoms with Crippen LogP contribution in [0.4, 0.5) is 56.9 Å². The number of benzene rings is 5. The summed E-state index contributed by atoms with van der Waals surface area (Å²) in [7, 11) is 0. The standard InChI is InChI=1S/C100H150N10O18/c1-16-21-26-31-36-41-56-124-66-96(6,7)91(117)105-81-51-46-71(101-87(112)77-63-73(48-53-82(77)106-92(118)97(8,9)67-125-57-42-37-32-27-22-17-2)103-89(114)79-65-75(110(122)123)50-55-84(79)108-94(120)99(12,13)69-127-59-44-39-34-29-24-19-4)61-76(81)86(111)102-72-47-52-83(107-93(119)98(10,11)68-126-58-43-38-33-28-23-18-3)78(62-72)88(113)104-74-49-54-85(80(64-74)90(115)116)109-95(121)100(14,15)70-128-60-45-40-35-30-25-20-5/h46-55,61-65H,16-45,56-60,66-70H2,1-15H3,(H,101,112)(H,102,111)(H,103,114)(H,104,113)(H,105,117)(H,106,118)(H,107,119)(H,108,120)(H,109,121)(H,115,116). The van der Waals surface area contributed by atoms with Crippen LogP contribution in [0.2, 0.25) is 0 Å². The lowest BCUT2D eigenvalue weighted by atomic mass is 9.93. The second kappa shape index (κ2) is 56.5. The van der Waals surface area contributed by atoms with Gasteiger partial charge in [0.1, 0.15) is 0 Å². The number of carboxylic acids is 1. The highest BCUT2D eigenvalue weighted by atomic mass is 16.6. The number of carboxylic acid groups (broad SMARTS) is 1. The van der Waals surface area contributed by atoms with Crippen molar-refractivity contribution in [3.63, 3.8) is 0 Å². The van der Waals surface area contributed by atoms with Gasteiger partial charge in [-0.15, -0.1) is 0 Å². The molecule has 0 bridgehead atoms. The van der Waals surface area contributed by atoms with Crippen molar-refractivity contribution in [2.75, 3.05) is 114 Å². The molecule has 0 unspecified atom stereocenters. The van der Waals surface area contributed by atoms with Gasteiger partial charge in [0.25, 0.3) is 29.3 Å². The number of amides is 9. The highest BCUT2D eigenvalue weighted by Crippen LogP contribution is 2.35. The van der Waals surface area contributed by atoms with Gasteiger partial charge in [0.2, 0.25) is 29.5 Å². The van der Waals surface area contributed by atoms with Crippen molar-refractivity contribution in [1.82, 2.24) is 0 Å². The second-order valence-electron chi connectivity index (χ2n) is 36.9. The van der Waals surface area contributed by atoms with Gasteiger partial charge in [-0.05, 0) is 180 Å². The molecule has 0 saturated carbocycles. The summed E-state index contributed by atoms with van der Waals surface area (Å²) in [5.41, 5.74) is -7.83. The molecule has 128 heavy (non-hydrogen) atoms. The van der Waals surface area contributed by atoms with Crippen molar-refractivity contribution in [3.05, 3.63) is 129 Å². The number of non-ortho nitro benzene ring substituents is 1. The van der Waals surface area contributed by atoms with E-state index in [0.717, 1.165) is 198 Å². The molecule has 0 saturated heterocycles. The molecule has 0 aliphatic carbocycles. The molecule has 0 aromatic heterocycles. The Morgan fingerprint density at radius 1 is 0.273 bits per heavy atom. The Labute approximate surface area is 760 Å². The monoisotopic (exact) mass is 1780 g/mol. The first-order valence-electron chi connectivity index (χ1n) is 46.7. The number of hydrogen-bond donors (Lipinski definition) is 10. The van der Waals surface area contributed by atoms with Gasteiger partial charge in [0, 0.05) is 67.9 Å². The van der Waals surface area contributed by atoms with Crippen LogP contribution in [0, 0.1) is 37.2 Å². The smallest absolute Gasteiger partial charge is 0.337 e. The number of carbonyl (C=O) groups is 10.